The fourth-order valence-electron chi connectivity index (χ4n) is 2.58. The molecule has 0 aromatic heterocycles. The standard InChI is InChI=1S/C19H25NO4S/c1-23-18-11-10-17(19(15-18)24-2)12-13-20-25(21,22)14-6-9-16-7-4-3-5-8-16/h3-5,7-8,10-11,15,20H,6,9,12-14H2,1-2H3. The molecule has 6 heteroatoms. The minimum absolute atomic E-state index is 0.127. The minimum atomic E-state index is -3.27. The van der Waals surface area contributed by atoms with Crippen molar-refractivity contribution in [2.24, 2.45) is 0 Å². The van der Waals surface area contributed by atoms with Crippen LogP contribution in [0, 0.1) is 0 Å². The maximum absolute atomic E-state index is 12.1. The topological polar surface area (TPSA) is 64.6 Å². The normalized spacial score (nSPS) is 11.3. The Hall–Kier alpha value is -2.05. The van der Waals surface area contributed by atoms with Crippen LogP contribution in [0.4, 0.5) is 0 Å². The van der Waals surface area contributed by atoms with E-state index in [2.05, 4.69) is 4.72 Å². The number of ether oxygens (including phenoxy) is 2. The van der Waals surface area contributed by atoms with Crippen LogP contribution in [-0.2, 0) is 22.9 Å². The molecule has 0 aliphatic heterocycles. The monoisotopic (exact) mass is 363 g/mol. The summed E-state index contributed by atoms with van der Waals surface area (Å²) in [6, 6.07) is 15.4. The van der Waals surface area contributed by atoms with Gasteiger partial charge in [0.15, 0.2) is 0 Å². The summed E-state index contributed by atoms with van der Waals surface area (Å²) >= 11 is 0. The fraction of sp³-hybridized carbons (Fsp3) is 0.368. The number of hydrogen-bond donors (Lipinski definition) is 1. The van der Waals surface area contributed by atoms with Gasteiger partial charge < -0.3 is 9.47 Å². The molecule has 2 aromatic rings. The third kappa shape index (κ3) is 6.40. The summed E-state index contributed by atoms with van der Waals surface area (Å²) in [5, 5.41) is 0. The lowest BCUT2D eigenvalue weighted by atomic mass is 10.1. The molecule has 0 saturated heterocycles. The summed E-state index contributed by atoms with van der Waals surface area (Å²) in [4.78, 5) is 0. The van der Waals surface area contributed by atoms with Gasteiger partial charge in [-0.1, -0.05) is 36.4 Å². The predicted octanol–water partition coefficient (Wildman–Crippen LogP) is 2.80. The van der Waals surface area contributed by atoms with E-state index < -0.39 is 10.0 Å². The number of sulfonamides is 1. The molecule has 0 bridgehead atoms. The molecule has 0 spiro atoms. The van der Waals surface area contributed by atoms with Gasteiger partial charge in [0.25, 0.3) is 0 Å². The molecule has 0 saturated carbocycles. The summed E-state index contributed by atoms with van der Waals surface area (Å²) < 4.78 is 37.4. The van der Waals surface area contributed by atoms with E-state index in [1.54, 1.807) is 20.3 Å². The van der Waals surface area contributed by atoms with Crippen LogP contribution in [0.3, 0.4) is 0 Å². The van der Waals surface area contributed by atoms with Gasteiger partial charge in [-0.2, -0.15) is 0 Å². The molecule has 0 heterocycles. The van der Waals surface area contributed by atoms with Crippen molar-refractivity contribution in [3.8, 4) is 11.5 Å². The lowest BCUT2D eigenvalue weighted by molar-refractivity contribution is 0.391. The van der Waals surface area contributed by atoms with Gasteiger partial charge in [0.1, 0.15) is 11.5 Å². The fourth-order valence-corrected chi connectivity index (χ4v) is 3.66. The highest BCUT2D eigenvalue weighted by Gasteiger charge is 2.11. The van der Waals surface area contributed by atoms with Crippen molar-refractivity contribution < 1.29 is 17.9 Å². The van der Waals surface area contributed by atoms with E-state index in [4.69, 9.17) is 9.47 Å². The van der Waals surface area contributed by atoms with E-state index >= 15 is 0 Å². The third-order valence-electron chi connectivity index (χ3n) is 3.93. The number of rotatable bonds is 10. The van der Waals surface area contributed by atoms with Crippen molar-refractivity contribution in [1.82, 2.24) is 4.72 Å². The van der Waals surface area contributed by atoms with E-state index in [1.807, 2.05) is 42.5 Å². The first-order valence-corrected chi connectivity index (χ1v) is 9.91. The highest BCUT2D eigenvalue weighted by molar-refractivity contribution is 7.89. The Kier molecular flexibility index (Phi) is 7.28. The quantitative estimate of drug-likeness (QED) is 0.705. The van der Waals surface area contributed by atoms with Gasteiger partial charge in [-0.25, -0.2) is 13.1 Å². The van der Waals surface area contributed by atoms with Gasteiger partial charge in [-0.05, 0) is 36.5 Å². The van der Waals surface area contributed by atoms with Gasteiger partial charge in [0, 0.05) is 12.6 Å². The molecule has 0 fully saturated rings. The molecule has 25 heavy (non-hydrogen) atoms. The highest BCUT2D eigenvalue weighted by Crippen LogP contribution is 2.24. The SMILES string of the molecule is COc1ccc(CCNS(=O)(=O)CCCc2ccccc2)c(OC)c1. The van der Waals surface area contributed by atoms with Crippen LogP contribution < -0.4 is 14.2 Å². The molecule has 136 valence electrons. The van der Waals surface area contributed by atoms with E-state index in [0.29, 0.717) is 30.9 Å². The number of hydrogen-bond acceptors (Lipinski definition) is 4. The van der Waals surface area contributed by atoms with Crippen molar-refractivity contribution >= 4 is 10.0 Å². The Morgan fingerprint density at radius 1 is 0.960 bits per heavy atom. The lowest BCUT2D eigenvalue weighted by Crippen LogP contribution is -2.28. The summed E-state index contributed by atoms with van der Waals surface area (Å²) in [6.45, 7) is 0.344. The zero-order chi connectivity index (χ0) is 18.1. The van der Waals surface area contributed by atoms with Crippen molar-refractivity contribution in [3.05, 3.63) is 59.7 Å². The van der Waals surface area contributed by atoms with Crippen LogP contribution in [0.25, 0.3) is 0 Å². The van der Waals surface area contributed by atoms with Gasteiger partial charge >= 0.3 is 0 Å². The van der Waals surface area contributed by atoms with E-state index in [1.165, 1.54) is 0 Å². The first-order chi connectivity index (χ1) is 12.0. The molecular weight excluding hydrogens is 338 g/mol. The lowest BCUT2D eigenvalue weighted by Gasteiger charge is -2.11. The molecule has 0 unspecified atom stereocenters. The first-order valence-electron chi connectivity index (χ1n) is 8.26. The number of benzene rings is 2. The summed E-state index contributed by atoms with van der Waals surface area (Å²) in [5.74, 6) is 1.53. The van der Waals surface area contributed by atoms with E-state index in [9.17, 15) is 8.42 Å². The summed E-state index contributed by atoms with van der Waals surface area (Å²) in [5.41, 5.74) is 2.09. The number of nitrogens with one attached hydrogen (secondary N) is 1. The molecule has 5 nitrogen and oxygen atoms in total. The number of methoxy groups -OCH3 is 2. The van der Waals surface area contributed by atoms with Gasteiger partial charge in [-0.15, -0.1) is 0 Å². The largest absolute Gasteiger partial charge is 0.497 e. The molecule has 2 aromatic carbocycles. The van der Waals surface area contributed by atoms with Crippen LogP contribution in [0.1, 0.15) is 17.5 Å². The van der Waals surface area contributed by atoms with Crippen LogP contribution in [0.2, 0.25) is 0 Å². The second kappa shape index (κ2) is 9.44. The van der Waals surface area contributed by atoms with Crippen molar-refractivity contribution in [2.75, 3.05) is 26.5 Å². The van der Waals surface area contributed by atoms with Gasteiger partial charge in [-0.3, -0.25) is 0 Å². The molecule has 0 atom stereocenters. The molecule has 1 N–H and O–H groups in total. The van der Waals surface area contributed by atoms with Gasteiger partial charge in [0.05, 0.1) is 20.0 Å². The first kappa shape index (κ1) is 19.3. The van der Waals surface area contributed by atoms with Crippen LogP contribution in [0.5, 0.6) is 11.5 Å². The van der Waals surface area contributed by atoms with E-state index in [0.717, 1.165) is 17.5 Å². The Morgan fingerprint density at radius 2 is 1.72 bits per heavy atom. The Balaban J connectivity index is 1.80. The highest BCUT2D eigenvalue weighted by atomic mass is 32.2. The molecule has 0 aliphatic rings. The average molecular weight is 363 g/mol. The molecule has 0 aliphatic carbocycles. The van der Waals surface area contributed by atoms with Crippen molar-refractivity contribution in [2.45, 2.75) is 19.3 Å². The van der Waals surface area contributed by atoms with Crippen molar-refractivity contribution in [1.29, 1.82) is 0 Å². The molecule has 0 radical (unpaired) electrons. The zero-order valence-electron chi connectivity index (χ0n) is 14.7. The Bertz CT molecular complexity index is 760. The van der Waals surface area contributed by atoms with Gasteiger partial charge in [0.2, 0.25) is 10.0 Å². The molecule has 0 amide bonds. The molecule has 2 rings (SSSR count). The van der Waals surface area contributed by atoms with Crippen LogP contribution in [0.15, 0.2) is 48.5 Å². The average Bonchev–Trinajstić information content (AvgIpc) is 2.62. The maximum Gasteiger partial charge on any atom is 0.211 e. The third-order valence-corrected chi connectivity index (χ3v) is 5.40. The van der Waals surface area contributed by atoms with Crippen molar-refractivity contribution in [3.63, 3.8) is 0 Å². The Morgan fingerprint density at radius 3 is 2.40 bits per heavy atom. The zero-order valence-corrected chi connectivity index (χ0v) is 15.5. The molecular formula is C19H25NO4S. The summed E-state index contributed by atoms with van der Waals surface area (Å²) in [6.07, 6.45) is 1.92. The summed E-state index contributed by atoms with van der Waals surface area (Å²) in [7, 11) is -0.0852. The van der Waals surface area contributed by atoms with Crippen LogP contribution >= 0.6 is 0 Å². The maximum atomic E-state index is 12.1. The van der Waals surface area contributed by atoms with Crippen LogP contribution in [-0.4, -0.2) is 34.9 Å². The second-order valence-corrected chi connectivity index (χ2v) is 7.66. The van der Waals surface area contributed by atoms with E-state index in [-0.39, 0.29) is 5.75 Å². The predicted molar refractivity (Wildman–Crippen MR) is 99.8 cm³/mol. The Labute approximate surface area is 150 Å². The smallest absolute Gasteiger partial charge is 0.211 e. The minimum Gasteiger partial charge on any atom is -0.497 e. The second-order valence-electron chi connectivity index (χ2n) is 5.73. The number of aryl methyl sites for hydroxylation is 1.